The van der Waals surface area contributed by atoms with Gasteiger partial charge < -0.3 is 25.4 Å². The standard InChI is InChI=1S/C27H38N6O5S/c1-27(2,3)22(32-26(37)38-13-18-6-4-5-8-29-18)25(36)33-12-17-14-39-15-20(17)21(33)24(35)31-19(11-28)10-16-7-9-30-23(16)34/h4-6,8,16-17,19-22,24,31,35H,7,9-10,12-15H2,1-3H3,(H,30,34)(H,32,37)/t16-,17+,19-,20-,21-,22+,24?/m0/s1. The number of fused-ring (bicyclic) bond motifs is 1. The Labute approximate surface area is 233 Å². The van der Waals surface area contributed by atoms with Crippen LogP contribution in [-0.4, -0.2) is 81.8 Å². The molecule has 1 aromatic rings. The summed E-state index contributed by atoms with van der Waals surface area (Å²) in [6.07, 6.45) is 0.669. The summed E-state index contributed by atoms with van der Waals surface area (Å²) in [6, 6.07) is 5.28. The zero-order valence-electron chi connectivity index (χ0n) is 22.6. The van der Waals surface area contributed by atoms with Gasteiger partial charge in [0.1, 0.15) is 18.9 Å². The Bertz CT molecular complexity index is 1080. The van der Waals surface area contributed by atoms with E-state index in [-0.39, 0.29) is 42.6 Å². The summed E-state index contributed by atoms with van der Waals surface area (Å²) < 4.78 is 5.34. The molecule has 12 heteroatoms. The lowest BCUT2D eigenvalue weighted by atomic mass is 9.85. The zero-order chi connectivity index (χ0) is 28.2. The van der Waals surface area contributed by atoms with E-state index in [1.807, 2.05) is 20.8 Å². The lowest BCUT2D eigenvalue weighted by molar-refractivity contribution is -0.140. The molecule has 0 spiro atoms. The van der Waals surface area contributed by atoms with Crippen LogP contribution >= 0.6 is 11.8 Å². The third-order valence-electron chi connectivity index (χ3n) is 7.75. The minimum Gasteiger partial charge on any atom is -0.443 e. The van der Waals surface area contributed by atoms with E-state index in [9.17, 15) is 24.8 Å². The number of hydrogen-bond acceptors (Lipinski definition) is 9. The lowest BCUT2D eigenvalue weighted by Gasteiger charge is -2.38. The van der Waals surface area contributed by atoms with E-state index in [0.717, 1.165) is 11.5 Å². The van der Waals surface area contributed by atoms with Gasteiger partial charge in [-0.15, -0.1) is 0 Å². The molecular formula is C27H38N6O5S. The smallest absolute Gasteiger partial charge is 0.408 e. The molecule has 3 saturated heterocycles. The largest absolute Gasteiger partial charge is 0.443 e. The fourth-order valence-corrected chi connectivity index (χ4v) is 7.17. The van der Waals surface area contributed by atoms with Crippen LogP contribution < -0.4 is 16.0 Å². The van der Waals surface area contributed by atoms with Gasteiger partial charge in [-0.1, -0.05) is 26.8 Å². The fraction of sp³-hybridized carbons (Fsp3) is 0.667. The number of likely N-dealkylation sites (tertiary alicyclic amines) is 1. The maximum absolute atomic E-state index is 14.0. The predicted octanol–water partition coefficient (Wildman–Crippen LogP) is 1.24. The minimum absolute atomic E-state index is 0.0252. The van der Waals surface area contributed by atoms with E-state index < -0.39 is 35.9 Å². The first-order valence-electron chi connectivity index (χ1n) is 13.4. The molecule has 1 unspecified atom stereocenters. The quantitative estimate of drug-likeness (QED) is 0.327. The van der Waals surface area contributed by atoms with E-state index >= 15 is 0 Å². The van der Waals surface area contributed by atoms with Gasteiger partial charge in [0.15, 0.2) is 0 Å². The number of alkyl carbamates (subject to hydrolysis) is 1. The van der Waals surface area contributed by atoms with Crippen LogP contribution in [0.15, 0.2) is 24.4 Å². The molecule has 3 fully saturated rings. The molecule has 3 amide bonds. The SMILES string of the molecule is CC(C)(C)[C@H](NC(=O)OCc1ccccn1)C(=O)N1C[C@@H]2CSC[C@@H]2[C@H]1C(O)N[C@H](C#N)C[C@@H]1CCNC1=O. The summed E-state index contributed by atoms with van der Waals surface area (Å²) in [5.74, 6) is 1.26. The van der Waals surface area contributed by atoms with Crippen molar-refractivity contribution in [3.8, 4) is 6.07 Å². The van der Waals surface area contributed by atoms with Crippen molar-refractivity contribution >= 4 is 29.7 Å². The Morgan fingerprint density at radius 3 is 2.79 bits per heavy atom. The van der Waals surface area contributed by atoms with Crippen LogP contribution in [0.1, 0.15) is 39.3 Å². The van der Waals surface area contributed by atoms with Crippen LogP contribution in [0.25, 0.3) is 0 Å². The van der Waals surface area contributed by atoms with Gasteiger partial charge in [0.05, 0.1) is 23.8 Å². The summed E-state index contributed by atoms with van der Waals surface area (Å²) in [7, 11) is 0. The van der Waals surface area contributed by atoms with Crippen LogP contribution in [0, 0.1) is 34.5 Å². The Hall–Kier alpha value is -2.88. The number of carbonyl (C=O) groups excluding carboxylic acids is 3. The van der Waals surface area contributed by atoms with Gasteiger partial charge in [-0.3, -0.25) is 19.9 Å². The number of nitriles is 1. The van der Waals surface area contributed by atoms with Crippen LogP contribution in [0.3, 0.4) is 0 Å². The van der Waals surface area contributed by atoms with E-state index in [0.29, 0.717) is 25.2 Å². The molecule has 4 heterocycles. The lowest BCUT2D eigenvalue weighted by Crippen LogP contribution is -2.60. The number of amides is 3. The molecule has 1 aromatic heterocycles. The Morgan fingerprint density at radius 2 is 2.15 bits per heavy atom. The molecule has 0 aliphatic carbocycles. The second-order valence-electron chi connectivity index (χ2n) is 11.6. The number of aliphatic hydroxyl groups is 1. The van der Waals surface area contributed by atoms with Gasteiger partial charge in [0.2, 0.25) is 11.8 Å². The maximum atomic E-state index is 14.0. The van der Waals surface area contributed by atoms with Crippen LogP contribution in [-0.2, 0) is 20.9 Å². The summed E-state index contributed by atoms with van der Waals surface area (Å²) >= 11 is 1.79. The van der Waals surface area contributed by atoms with Crippen molar-refractivity contribution in [1.29, 1.82) is 5.26 Å². The molecule has 4 rings (SSSR count). The van der Waals surface area contributed by atoms with E-state index in [1.54, 1.807) is 41.1 Å². The number of carbonyl (C=O) groups is 3. The van der Waals surface area contributed by atoms with Crippen molar-refractivity contribution in [2.75, 3.05) is 24.6 Å². The van der Waals surface area contributed by atoms with Crippen molar-refractivity contribution in [2.24, 2.45) is 23.2 Å². The van der Waals surface area contributed by atoms with Crippen LogP contribution in [0.5, 0.6) is 0 Å². The number of nitrogens with one attached hydrogen (secondary N) is 3. The fourth-order valence-electron chi connectivity index (χ4n) is 5.64. The zero-order valence-corrected chi connectivity index (χ0v) is 23.4. The van der Waals surface area contributed by atoms with Crippen molar-refractivity contribution in [3.05, 3.63) is 30.1 Å². The molecule has 11 nitrogen and oxygen atoms in total. The summed E-state index contributed by atoms with van der Waals surface area (Å²) in [5, 5.41) is 29.6. The molecule has 3 aliphatic rings. The number of ether oxygens (including phenoxy) is 1. The van der Waals surface area contributed by atoms with Crippen molar-refractivity contribution < 1.29 is 24.2 Å². The van der Waals surface area contributed by atoms with Gasteiger partial charge in [0.25, 0.3) is 0 Å². The number of hydrogen-bond donors (Lipinski definition) is 4. The summed E-state index contributed by atoms with van der Waals surface area (Å²) in [6.45, 7) is 6.61. The number of aromatic nitrogens is 1. The van der Waals surface area contributed by atoms with Crippen molar-refractivity contribution in [2.45, 2.75) is 64.6 Å². The predicted molar refractivity (Wildman–Crippen MR) is 145 cm³/mol. The number of thioether (sulfide) groups is 1. The second kappa shape index (κ2) is 12.5. The van der Waals surface area contributed by atoms with E-state index in [1.165, 1.54) is 0 Å². The highest BCUT2D eigenvalue weighted by Gasteiger charge is 2.52. The second-order valence-corrected chi connectivity index (χ2v) is 12.7. The molecular weight excluding hydrogens is 520 g/mol. The monoisotopic (exact) mass is 558 g/mol. The van der Waals surface area contributed by atoms with E-state index in [2.05, 4.69) is 27.0 Å². The first-order chi connectivity index (χ1) is 18.6. The van der Waals surface area contributed by atoms with Crippen LogP contribution in [0.2, 0.25) is 0 Å². The molecule has 4 N–H and O–H groups in total. The number of aliphatic hydroxyl groups excluding tert-OH is 1. The third-order valence-corrected chi connectivity index (χ3v) is 9.03. The average molecular weight is 559 g/mol. The van der Waals surface area contributed by atoms with Gasteiger partial charge in [-0.25, -0.2) is 4.79 Å². The molecule has 0 bridgehead atoms. The molecule has 0 radical (unpaired) electrons. The highest BCUT2D eigenvalue weighted by atomic mass is 32.2. The number of pyridine rings is 1. The van der Waals surface area contributed by atoms with Gasteiger partial charge >= 0.3 is 6.09 Å². The molecule has 39 heavy (non-hydrogen) atoms. The third kappa shape index (κ3) is 7.01. The van der Waals surface area contributed by atoms with Gasteiger partial charge in [-0.05, 0) is 53.7 Å². The first-order valence-corrected chi connectivity index (χ1v) is 14.6. The summed E-state index contributed by atoms with van der Waals surface area (Å²) in [5.41, 5.74) is -0.0471. The minimum atomic E-state index is -1.16. The first kappa shape index (κ1) is 29.1. The van der Waals surface area contributed by atoms with Crippen LogP contribution in [0.4, 0.5) is 4.79 Å². The normalized spacial score (nSPS) is 26.7. The molecule has 0 aromatic carbocycles. The molecule has 3 aliphatic heterocycles. The highest BCUT2D eigenvalue weighted by Crippen LogP contribution is 2.42. The van der Waals surface area contributed by atoms with Crippen molar-refractivity contribution in [1.82, 2.24) is 25.8 Å². The number of rotatable bonds is 9. The summed E-state index contributed by atoms with van der Waals surface area (Å²) in [4.78, 5) is 44.6. The average Bonchev–Trinajstić information content (AvgIpc) is 3.61. The highest BCUT2D eigenvalue weighted by molar-refractivity contribution is 7.99. The maximum Gasteiger partial charge on any atom is 0.408 e. The van der Waals surface area contributed by atoms with Crippen molar-refractivity contribution in [3.63, 3.8) is 0 Å². The Kier molecular flexibility index (Phi) is 9.35. The Morgan fingerprint density at radius 1 is 1.36 bits per heavy atom. The van der Waals surface area contributed by atoms with Gasteiger partial charge in [-0.2, -0.15) is 17.0 Å². The molecule has 0 saturated carbocycles. The Balaban J connectivity index is 1.46. The topological polar surface area (TPSA) is 157 Å². The van der Waals surface area contributed by atoms with Gasteiger partial charge in [0, 0.05) is 25.2 Å². The van der Waals surface area contributed by atoms with E-state index in [4.69, 9.17) is 4.74 Å². The number of nitrogens with zero attached hydrogens (tertiary/aromatic N) is 3. The molecule has 212 valence electrons. The molecule has 7 atom stereocenters.